The third kappa shape index (κ3) is 5.20. The van der Waals surface area contributed by atoms with Crippen LogP contribution >= 0.6 is 0 Å². The Hall–Kier alpha value is -3.95. The molecule has 10 heteroatoms. The number of piperazine rings is 1. The minimum absolute atomic E-state index is 0.0893. The zero-order valence-corrected chi connectivity index (χ0v) is 23.2. The summed E-state index contributed by atoms with van der Waals surface area (Å²) in [5.41, 5.74) is 6.85. The molecule has 1 aromatic heterocycles. The number of nitrogen functional groups attached to an aromatic ring is 1. The van der Waals surface area contributed by atoms with Gasteiger partial charge < -0.3 is 34.5 Å². The Morgan fingerprint density at radius 2 is 1.58 bits per heavy atom. The summed E-state index contributed by atoms with van der Waals surface area (Å²) in [6.45, 7) is 9.90. The van der Waals surface area contributed by atoms with E-state index in [1.807, 2.05) is 28.0 Å². The lowest BCUT2D eigenvalue weighted by Gasteiger charge is -2.39. The van der Waals surface area contributed by atoms with Gasteiger partial charge in [-0.25, -0.2) is 4.98 Å². The molecule has 0 bridgehead atoms. The van der Waals surface area contributed by atoms with E-state index < -0.39 is 5.60 Å². The van der Waals surface area contributed by atoms with Gasteiger partial charge in [0, 0.05) is 43.2 Å². The number of para-hydroxylation sites is 1. The molecule has 0 radical (unpaired) electrons. The molecule has 1 aliphatic heterocycles. The van der Waals surface area contributed by atoms with Crippen LogP contribution < -0.4 is 29.6 Å². The first-order valence-corrected chi connectivity index (χ1v) is 12.7. The molecule has 2 aromatic carbocycles. The highest BCUT2D eigenvalue weighted by Crippen LogP contribution is 2.38. The van der Waals surface area contributed by atoms with E-state index in [1.54, 1.807) is 47.3 Å². The van der Waals surface area contributed by atoms with Crippen LogP contribution in [0.5, 0.6) is 23.0 Å². The first-order valence-electron chi connectivity index (χ1n) is 12.7. The number of nitrogens with zero attached hydrogens (tertiary/aromatic N) is 4. The summed E-state index contributed by atoms with van der Waals surface area (Å²) < 4.78 is 22.7. The highest BCUT2D eigenvalue weighted by molar-refractivity contribution is 5.92. The summed E-state index contributed by atoms with van der Waals surface area (Å²) in [7, 11) is 4.75. The number of amides is 1. The Labute approximate surface area is 223 Å². The van der Waals surface area contributed by atoms with Crippen LogP contribution in [0.4, 0.5) is 11.8 Å². The maximum atomic E-state index is 13.6. The molecule has 1 aliphatic rings. The largest absolute Gasteiger partial charge is 0.493 e. The van der Waals surface area contributed by atoms with Crippen LogP contribution in [0, 0.1) is 0 Å². The topological polar surface area (TPSA) is 112 Å². The number of methoxy groups -OCH3 is 3. The summed E-state index contributed by atoms with van der Waals surface area (Å²) in [5, 5.41) is 0.691. The molecule has 1 amide bonds. The first-order chi connectivity index (χ1) is 18.1. The number of fused-ring (bicyclic) bond motifs is 1. The van der Waals surface area contributed by atoms with Gasteiger partial charge in [0.25, 0.3) is 5.91 Å². The van der Waals surface area contributed by atoms with Gasteiger partial charge in [-0.15, -0.1) is 0 Å². The second kappa shape index (κ2) is 10.8. The molecule has 10 nitrogen and oxygen atoms in total. The second-order valence-corrected chi connectivity index (χ2v) is 10.1. The van der Waals surface area contributed by atoms with Crippen LogP contribution in [-0.4, -0.2) is 73.9 Å². The predicted octanol–water partition coefficient (Wildman–Crippen LogP) is 3.87. The smallest absolute Gasteiger partial charge is 0.266 e. The van der Waals surface area contributed by atoms with Crippen molar-refractivity contribution < 1.29 is 23.7 Å². The summed E-state index contributed by atoms with van der Waals surface area (Å²) in [6.07, 6.45) is 0. The van der Waals surface area contributed by atoms with Crippen LogP contribution in [0.15, 0.2) is 30.3 Å². The van der Waals surface area contributed by atoms with E-state index >= 15 is 0 Å². The normalized spacial score (nSPS) is 14.1. The van der Waals surface area contributed by atoms with Crippen molar-refractivity contribution in [3.8, 4) is 23.0 Å². The molecule has 1 saturated heterocycles. The zero-order chi connectivity index (χ0) is 27.6. The molecule has 2 N–H and O–H groups in total. The van der Waals surface area contributed by atoms with E-state index in [2.05, 4.69) is 18.8 Å². The summed E-state index contributed by atoms with van der Waals surface area (Å²) in [6, 6.07) is 9.35. The average Bonchev–Trinajstić information content (AvgIpc) is 2.91. The van der Waals surface area contributed by atoms with Crippen molar-refractivity contribution in [2.24, 2.45) is 0 Å². The molecule has 3 aromatic rings. The number of carbonyl (C=O) groups is 1. The highest BCUT2D eigenvalue weighted by Gasteiger charge is 2.37. The molecule has 0 aliphatic carbocycles. The molecule has 4 rings (SSSR count). The van der Waals surface area contributed by atoms with Crippen LogP contribution in [0.3, 0.4) is 0 Å². The minimum Gasteiger partial charge on any atom is -0.493 e. The maximum absolute atomic E-state index is 13.6. The fraction of sp³-hybridized carbons (Fsp3) is 0.464. The average molecular weight is 524 g/mol. The lowest BCUT2D eigenvalue weighted by atomic mass is 10.0. The number of aromatic nitrogens is 2. The number of carbonyl (C=O) groups excluding carboxylic acids is 1. The van der Waals surface area contributed by atoms with Crippen LogP contribution in [0.25, 0.3) is 10.9 Å². The fourth-order valence-electron chi connectivity index (χ4n) is 4.65. The van der Waals surface area contributed by atoms with E-state index in [1.165, 1.54) is 0 Å². The molecular weight excluding hydrogens is 486 g/mol. The number of benzene rings is 2. The monoisotopic (exact) mass is 523 g/mol. The Morgan fingerprint density at radius 3 is 2.18 bits per heavy atom. The van der Waals surface area contributed by atoms with Crippen molar-refractivity contribution in [3.63, 3.8) is 0 Å². The van der Waals surface area contributed by atoms with Crippen LogP contribution in [-0.2, 0) is 4.79 Å². The second-order valence-electron chi connectivity index (χ2n) is 10.1. The van der Waals surface area contributed by atoms with E-state index in [0.29, 0.717) is 71.8 Å². The van der Waals surface area contributed by atoms with E-state index in [-0.39, 0.29) is 11.8 Å². The summed E-state index contributed by atoms with van der Waals surface area (Å²) in [5.74, 6) is 3.35. The molecule has 2 heterocycles. The van der Waals surface area contributed by atoms with Gasteiger partial charge in [0.1, 0.15) is 5.82 Å². The van der Waals surface area contributed by atoms with Crippen molar-refractivity contribution >= 4 is 28.6 Å². The number of ether oxygens (including phenoxy) is 4. The van der Waals surface area contributed by atoms with Crippen molar-refractivity contribution in [3.05, 3.63) is 35.9 Å². The van der Waals surface area contributed by atoms with Gasteiger partial charge in [-0.3, -0.25) is 4.79 Å². The molecular formula is C28H37N5O5. The van der Waals surface area contributed by atoms with Crippen molar-refractivity contribution in [2.45, 2.75) is 39.2 Å². The van der Waals surface area contributed by atoms with Gasteiger partial charge in [0.2, 0.25) is 5.95 Å². The minimum atomic E-state index is -1.08. The summed E-state index contributed by atoms with van der Waals surface area (Å²) in [4.78, 5) is 26.7. The number of anilines is 2. The Bertz CT molecular complexity index is 1320. The number of nitrogens with two attached hydrogens (primary N) is 1. The van der Waals surface area contributed by atoms with E-state index in [9.17, 15) is 4.79 Å². The van der Waals surface area contributed by atoms with E-state index in [0.717, 1.165) is 5.56 Å². The first kappa shape index (κ1) is 27.1. The number of rotatable bonds is 8. The van der Waals surface area contributed by atoms with Gasteiger partial charge in [-0.1, -0.05) is 26.0 Å². The highest BCUT2D eigenvalue weighted by atomic mass is 16.5. The Balaban J connectivity index is 1.50. The SMILES string of the molecule is COc1cc2nc(N3CCN(C(=O)C(C)(C)Oc4c(OC)cccc4C(C)C)CC3)nc(N)c2cc1OC. The maximum Gasteiger partial charge on any atom is 0.266 e. The Morgan fingerprint density at radius 1 is 0.947 bits per heavy atom. The molecule has 0 unspecified atom stereocenters. The van der Waals surface area contributed by atoms with Gasteiger partial charge in [0.15, 0.2) is 28.6 Å². The van der Waals surface area contributed by atoms with Crippen LogP contribution in [0.2, 0.25) is 0 Å². The van der Waals surface area contributed by atoms with Crippen molar-refractivity contribution in [1.29, 1.82) is 0 Å². The Kier molecular flexibility index (Phi) is 7.71. The van der Waals surface area contributed by atoms with Crippen molar-refractivity contribution in [2.75, 3.05) is 58.1 Å². The standard InChI is InChI=1S/C28H37N5O5/c1-17(2)18-9-8-10-21(35-5)24(18)38-28(3,4)26(34)32-11-13-33(14-12-32)27-30-20-16-23(37-7)22(36-6)15-19(20)25(29)31-27/h8-10,15-17H,11-14H2,1-7H3,(H2,29,30,31). The zero-order valence-electron chi connectivity index (χ0n) is 23.2. The fourth-order valence-corrected chi connectivity index (χ4v) is 4.65. The molecule has 0 saturated carbocycles. The lowest BCUT2D eigenvalue weighted by Crippen LogP contribution is -2.56. The third-order valence-corrected chi connectivity index (χ3v) is 6.79. The lowest BCUT2D eigenvalue weighted by molar-refractivity contribution is -0.145. The summed E-state index contributed by atoms with van der Waals surface area (Å²) >= 11 is 0. The van der Waals surface area contributed by atoms with Crippen LogP contribution in [0.1, 0.15) is 39.2 Å². The molecule has 1 fully saturated rings. The molecule has 204 valence electrons. The predicted molar refractivity (Wildman–Crippen MR) is 148 cm³/mol. The third-order valence-electron chi connectivity index (χ3n) is 6.79. The van der Waals surface area contributed by atoms with Gasteiger partial charge in [0.05, 0.1) is 26.8 Å². The van der Waals surface area contributed by atoms with Gasteiger partial charge in [-0.2, -0.15) is 4.98 Å². The van der Waals surface area contributed by atoms with Crippen molar-refractivity contribution in [1.82, 2.24) is 14.9 Å². The quantitative estimate of drug-likeness (QED) is 0.470. The molecule has 38 heavy (non-hydrogen) atoms. The van der Waals surface area contributed by atoms with E-state index in [4.69, 9.17) is 29.7 Å². The number of hydrogen-bond donors (Lipinski definition) is 1. The molecule has 0 atom stereocenters. The van der Waals surface area contributed by atoms with Gasteiger partial charge in [-0.05, 0) is 31.9 Å². The molecule has 0 spiro atoms. The number of hydrogen-bond acceptors (Lipinski definition) is 9. The van der Waals surface area contributed by atoms with Gasteiger partial charge >= 0.3 is 0 Å².